The molecule has 4 aromatic rings. The van der Waals surface area contributed by atoms with E-state index in [1.54, 1.807) is 81.4 Å². The molecule has 512 valence electrons. The van der Waals surface area contributed by atoms with E-state index in [0.717, 1.165) is 12.1 Å². The predicted molar refractivity (Wildman–Crippen MR) is 351 cm³/mol. The molecule has 0 radical (unpaired) electrons. The number of amides is 11. The molecule has 7 rings (SSSR count). The van der Waals surface area contributed by atoms with Gasteiger partial charge in [0.15, 0.2) is 0 Å². The third kappa shape index (κ3) is 21.6. The van der Waals surface area contributed by atoms with Gasteiger partial charge in [-0.15, -0.1) is 0 Å². The normalized spacial score (nSPS) is 24.2. The minimum absolute atomic E-state index is 0.0109. The smallest absolute Gasteiger partial charge is 0.246 e. The Morgan fingerprint density at radius 3 is 1.40 bits per heavy atom. The molecule has 3 aliphatic heterocycles. The van der Waals surface area contributed by atoms with E-state index < -0.39 is 144 Å². The Labute approximate surface area is 553 Å². The van der Waals surface area contributed by atoms with Gasteiger partial charge in [-0.2, -0.15) is 0 Å². The summed E-state index contributed by atoms with van der Waals surface area (Å²) in [5.74, 6) is -10.1. The Balaban J connectivity index is 1.32. The first kappa shape index (κ1) is 73.1. The molecule has 3 aliphatic rings. The fourth-order valence-electron chi connectivity index (χ4n) is 12.0. The molecule has 0 unspecified atom stereocenters. The molecule has 0 aromatic heterocycles. The molecule has 0 bridgehead atoms. The number of hydrogen-bond donors (Lipinski definition) is 12. The number of phenolic OH excluding ortho intramolecular Hbond substituents is 1. The minimum Gasteiger partial charge on any atom is -0.508 e. The molecular formula is C69H92FN13O12. The van der Waals surface area contributed by atoms with Crippen LogP contribution < -0.4 is 59.3 Å². The van der Waals surface area contributed by atoms with Crippen LogP contribution in [0.25, 0.3) is 0 Å². The van der Waals surface area contributed by atoms with Crippen molar-refractivity contribution in [3.05, 3.63) is 137 Å². The maximum Gasteiger partial charge on any atom is 0.246 e. The fourth-order valence-corrected chi connectivity index (χ4v) is 12.0. The molecule has 14 N–H and O–H groups in total. The second kappa shape index (κ2) is 36.4. The van der Waals surface area contributed by atoms with E-state index in [4.69, 9.17) is 11.5 Å². The van der Waals surface area contributed by atoms with Gasteiger partial charge in [-0.3, -0.25) is 52.7 Å². The van der Waals surface area contributed by atoms with E-state index in [1.165, 1.54) is 46.2 Å². The standard InChI is InChI=1S/C69H92FN13O12/c1-4-34-73-58(85)41-54-63(89)76-51(38-45-24-28-47(70)29-25-45)62(88)77-53(39-46-26-30-48(84)31-27-46)64(90)81-59(42(2)3)67(93)75-50(21-13-33-72)68(94)82-35-14-23-57(82)66(92)80-55(40-44-18-9-6-10-19-44)69(95)83-36-15-22-56(83)65(91)79-52(37-43-16-7-5-8-17-43)61(87)74-49(60(86)78-54)20-11-12-32-71/h5-10,16-19,24-31,42,49-57,59,84H,4,11-15,20-23,32-41,71-72H2,1-3H3,(H,73,85)(H,74,87)(H,75,93)(H,76,89)(H,77,88)(H,78,86)(H,79,91)(H,80,92)(H,81,90)/t49-,50+,51+,52+,53+,54+,55-,56+,57+,59+/m1/s1. The molecule has 0 aliphatic carbocycles. The summed E-state index contributed by atoms with van der Waals surface area (Å²) in [6.45, 7) is 5.83. The SMILES string of the molecule is CCCNC(=O)C[C@@H]1NC(=O)[C@@H](CCCCN)NC(=O)[C@H](Cc2ccccc2)NC(=O)[C@@H]2CCCN2C(=O)[C@@H](Cc2ccccc2)NC(=O)[C@@H]2CCCN2C(=O)[C@H](CCCN)NC(=O)[C@H](C(C)C)NC(=O)[C@H](Cc2ccc(O)cc2)NC(=O)[C@H](Cc2ccc(F)cc2)NC1=O. The molecule has 95 heavy (non-hydrogen) atoms. The summed E-state index contributed by atoms with van der Waals surface area (Å²) in [6.07, 6.45) is 1.18. The van der Waals surface area contributed by atoms with Gasteiger partial charge in [0, 0.05) is 45.3 Å². The van der Waals surface area contributed by atoms with E-state index in [2.05, 4.69) is 47.9 Å². The van der Waals surface area contributed by atoms with Crippen molar-refractivity contribution in [1.82, 2.24) is 57.7 Å². The number of carbonyl (C=O) groups is 11. The topological polar surface area (TPSA) is 375 Å². The van der Waals surface area contributed by atoms with Crippen LogP contribution in [0.15, 0.2) is 109 Å². The Hall–Kier alpha value is -9.30. The molecular weight excluding hydrogens is 1220 g/mol. The van der Waals surface area contributed by atoms with E-state index in [-0.39, 0.29) is 103 Å². The lowest BCUT2D eigenvalue weighted by molar-refractivity contribution is -0.145. The maximum atomic E-state index is 15.1. The lowest BCUT2D eigenvalue weighted by Crippen LogP contribution is -2.62. The number of nitrogens with zero attached hydrogens (tertiary/aromatic N) is 2. The van der Waals surface area contributed by atoms with Crippen molar-refractivity contribution in [1.29, 1.82) is 0 Å². The average Bonchev–Trinajstić information content (AvgIpc) is 1.65. The van der Waals surface area contributed by atoms with Gasteiger partial charge in [-0.1, -0.05) is 106 Å². The Kier molecular flexibility index (Phi) is 28.0. The first-order valence-electron chi connectivity index (χ1n) is 33.0. The molecule has 25 nitrogen and oxygen atoms in total. The number of aromatic hydroxyl groups is 1. The Morgan fingerprint density at radius 1 is 0.495 bits per heavy atom. The van der Waals surface area contributed by atoms with Crippen molar-refractivity contribution in [2.24, 2.45) is 17.4 Å². The number of unbranched alkanes of at least 4 members (excludes halogenated alkanes) is 1. The van der Waals surface area contributed by atoms with Crippen molar-refractivity contribution in [2.75, 3.05) is 32.7 Å². The third-order valence-corrected chi connectivity index (χ3v) is 17.2. The van der Waals surface area contributed by atoms with Gasteiger partial charge in [0.2, 0.25) is 65.0 Å². The van der Waals surface area contributed by atoms with E-state index in [9.17, 15) is 52.6 Å². The van der Waals surface area contributed by atoms with Gasteiger partial charge in [-0.25, -0.2) is 4.39 Å². The minimum atomic E-state index is -1.74. The molecule has 10 atom stereocenters. The number of halogens is 1. The number of nitrogens with two attached hydrogens (primary N) is 2. The van der Waals surface area contributed by atoms with Crippen LogP contribution in [0.4, 0.5) is 4.39 Å². The third-order valence-electron chi connectivity index (χ3n) is 17.2. The Bertz CT molecular complexity index is 3270. The number of rotatable bonds is 20. The maximum absolute atomic E-state index is 15.1. The summed E-state index contributed by atoms with van der Waals surface area (Å²) < 4.78 is 14.4. The monoisotopic (exact) mass is 1310 g/mol. The summed E-state index contributed by atoms with van der Waals surface area (Å²) in [6, 6.07) is 14.6. The molecule has 0 saturated carbocycles. The van der Waals surface area contributed by atoms with Crippen LogP contribution in [-0.2, 0) is 78.4 Å². The number of phenols is 1. The van der Waals surface area contributed by atoms with Crippen molar-refractivity contribution in [2.45, 2.75) is 178 Å². The van der Waals surface area contributed by atoms with Crippen molar-refractivity contribution in [3.8, 4) is 5.75 Å². The van der Waals surface area contributed by atoms with E-state index >= 15 is 9.59 Å². The number of benzene rings is 4. The molecule has 3 fully saturated rings. The quantitative estimate of drug-likeness (QED) is 0.0552. The zero-order chi connectivity index (χ0) is 68.6. The van der Waals surface area contributed by atoms with Gasteiger partial charge in [0.25, 0.3) is 0 Å². The molecule has 3 saturated heterocycles. The van der Waals surface area contributed by atoms with Crippen molar-refractivity contribution < 1.29 is 62.2 Å². The summed E-state index contributed by atoms with van der Waals surface area (Å²) in [7, 11) is 0. The van der Waals surface area contributed by atoms with Gasteiger partial charge < -0.3 is 74.2 Å². The molecule has 11 amide bonds. The summed E-state index contributed by atoms with van der Waals surface area (Å²) in [5.41, 5.74) is 13.9. The highest BCUT2D eigenvalue weighted by molar-refractivity contribution is 6.01. The first-order valence-corrected chi connectivity index (χ1v) is 33.0. The van der Waals surface area contributed by atoms with Crippen molar-refractivity contribution in [3.63, 3.8) is 0 Å². The Morgan fingerprint density at radius 2 is 0.895 bits per heavy atom. The van der Waals surface area contributed by atoms with Crippen LogP contribution in [-0.4, -0.2) is 173 Å². The van der Waals surface area contributed by atoms with Crippen LogP contribution in [0.1, 0.15) is 114 Å². The second-order valence-corrected chi connectivity index (χ2v) is 24.9. The van der Waals surface area contributed by atoms with Crippen molar-refractivity contribution >= 4 is 65.0 Å². The molecule has 26 heteroatoms. The highest BCUT2D eigenvalue weighted by Crippen LogP contribution is 2.24. The number of carbonyl (C=O) groups excluding carboxylic acids is 11. The largest absolute Gasteiger partial charge is 0.508 e. The number of hydrogen-bond acceptors (Lipinski definition) is 14. The van der Waals surface area contributed by atoms with Crippen LogP contribution in [0.3, 0.4) is 0 Å². The summed E-state index contributed by atoms with van der Waals surface area (Å²) in [5, 5.41) is 35.1. The fraction of sp³-hybridized carbons (Fsp3) is 0.493. The van der Waals surface area contributed by atoms with Gasteiger partial charge in [0.05, 0.1) is 6.42 Å². The summed E-state index contributed by atoms with van der Waals surface area (Å²) in [4.78, 5) is 166. The highest BCUT2D eigenvalue weighted by atomic mass is 19.1. The van der Waals surface area contributed by atoms with E-state index in [1.807, 2.05) is 0 Å². The molecule has 4 aromatic carbocycles. The zero-order valence-corrected chi connectivity index (χ0v) is 54.3. The van der Waals surface area contributed by atoms with Gasteiger partial charge >= 0.3 is 0 Å². The van der Waals surface area contributed by atoms with Crippen LogP contribution >= 0.6 is 0 Å². The van der Waals surface area contributed by atoms with Crippen LogP contribution in [0, 0.1) is 11.7 Å². The molecule has 3 heterocycles. The van der Waals surface area contributed by atoms with Gasteiger partial charge in [-0.05, 0) is 130 Å². The highest BCUT2D eigenvalue weighted by Gasteiger charge is 2.44. The molecule has 0 spiro atoms. The van der Waals surface area contributed by atoms with Crippen LogP contribution in [0.2, 0.25) is 0 Å². The predicted octanol–water partition coefficient (Wildman–Crippen LogP) is 1.12. The van der Waals surface area contributed by atoms with Crippen LogP contribution in [0.5, 0.6) is 5.75 Å². The average molecular weight is 1310 g/mol. The number of fused-ring (bicyclic) bond motifs is 2. The zero-order valence-electron chi connectivity index (χ0n) is 54.3. The summed E-state index contributed by atoms with van der Waals surface area (Å²) >= 11 is 0. The van der Waals surface area contributed by atoms with Gasteiger partial charge in [0.1, 0.15) is 72.0 Å². The first-order chi connectivity index (χ1) is 45.7. The lowest BCUT2D eigenvalue weighted by atomic mass is 9.99. The number of nitrogens with one attached hydrogen (secondary N) is 9. The van der Waals surface area contributed by atoms with E-state index in [0.29, 0.717) is 47.9 Å². The second-order valence-electron chi connectivity index (χ2n) is 24.9. The lowest BCUT2D eigenvalue weighted by Gasteiger charge is -2.33.